The number of phenolic OH excluding ortho intramolecular Hbond substituents is 1. The second-order valence-electron chi connectivity index (χ2n) is 6.75. The van der Waals surface area contributed by atoms with Crippen molar-refractivity contribution in [3.05, 3.63) is 70.4 Å². The Hall–Kier alpha value is -2.10. The highest BCUT2D eigenvalue weighted by atomic mass is 35.5. The minimum atomic E-state index is 0.391. The molecule has 0 saturated carbocycles. The fourth-order valence-corrected chi connectivity index (χ4v) is 3.78. The molecule has 0 spiro atoms. The van der Waals surface area contributed by atoms with Gasteiger partial charge in [-0.15, -0.1) is 0 Å². The third-order valence-electron chi connectivity index (χ3n) is 4.93. The molecule has 4 rings (SSSR count). The third kappa shape index (κ3) is 3.63. The summed E-state index contributed by atoms with van der Waals surface area (Å²) >= 11 is 6.08. The number of hydrogen-bond donors (Lipinski definition) is 1. The van der Waals surface area contributed by atoms with Crippen LogP contribution in [0, 0.1) is 0 Å². The van der Waals surface area contributed by atoms with E-state index in [1.165, 1.54) is 24.0 Å². The number of halogens is 1. The van der Waals surface area contributed by atoms with Gasteiger partial charge in [-0.2, -0.15) is 0 Å². The van der Waals surface area contributed by atoms with E-state index in [0.29, 0.717) is 10.8 Å². The molecule has 3 aromatic rings. The van der Waals surface area contributed by atoms with Crippen molar-refractivity contribution in [3.8, 4) is 5.75 Å². The fraction of sp³-hybridized carbons (Fsp3) is 0.286. The third-order valence-corrected chi connectivity index (χ3v) is 5.16. The Balaban J connectivity index is 1.62. The van der Waals surface area contributed by atoms with Crippen LogP contribution in [0.4, 0.5) is 0 Å². The number of nitrogens with zero attached hydrogens (tertiary/aromatic N) is 2. The van der Waals surface area contributed by atoms with Gasteiger partial charge < -0.3 is 5.11 Å². The Bertz CT molecular complexity index is 904. The van der Waals surface area contributed by atoms with Crippen molar-refractivity contribution in [1.29, 1.82) is 0 Å². The number of phenols is 1. The topological polar surface area (TPSA) is 36.4 Å². The summed E-state index contributed by atoms with van der Waals surface area (Å²) < 4.78 is 0. The van der Waals surface area contributed by atoms with Crippen molar-refractivity contribution in [1.82, 2.24) is 9.88 Å². The smallest absolute Gasteiger partial charge is 0.120 e. The van der Waals surface area contributed by atoms with Crippen LogP contribution in [0.5, 0.6) is 5.75 Å². The maximum Gasteiger partial charge on any atom is 0.120 e. The monoisotopic (exact) mass is 352 g/mol. The lowest BCUT2D eigenvalue weighted by atomic mass is 9.99. The van der Waals surface area contributed by atoms with Crippen LogP contribution in [0.1, 0.15) is 29.5 Å². The van der Waals surface area contributed by atoms with Crippen LogP contribution in [-0.2, 0) is 13.0 Å². The number of fused-ring (bicyclic) bond motifs is 1. The molecule has 1 aromatic heterocycles. The first-order valence-electron chi connectivity index (χ1n) is 8.75. The normalized spacial score (nSPS) is 15.1. The summed E-state index contributed by atoms with van der Waals surface area (Å²) in [6.45, 7) is 3.07. The minimum Gasteiger partial charge on any atom is -0.508 e. The van der Waals surface area contributed by atoms with Gasteiger partial charge in [0.1, 0.15) is 5.75 Å². The van der Waals surface area contributed by atoms with Gasteiger partial charge in [0.2, 0.25) is 0 Å². The van der Waals surface area contributed by atoms with E-state index in [-0.39, 0.29) is 0 Å². The van der Waals surface area contributed by atoms with Crippen LogP contribution < -0.4 is 0 Å². The quantitative estimate of drug-likeness (QED) is 0.734. The molecule has 0 amide bonds. The Morgan fingerprint density at radius 3 is 2.68 bits per heavy atom. The van der Waals surface area contributed by atoms with E-state index in [1.54, 1.807) is 0 Å². The van der Waals surface area contributed by atoms with E-state index >= 15 is 0 Å². The number of rotatable bonds is 4. The fourth-order valence-electron chi connectivity index (χ4n) is 3.61. The first-order chi connectivity index (χ1) is 12.2. The zero-order chi connectivity index (χ0) is 17.2. The molecular formula is C21H21ClN2O. The average molecular weight is 353 g/mol. The molecule has 0 unspecified atom stereocenters. The highest BCUT2D eigenvalue weighted by Gasteiger charge is 2.14. The zero-order valence-corrected chi connectivity index (χ0v) is 14.8. The average Bonchev–Trinajstić information content (AvgIpc) is 3.11. The van der Waals surface area contributed by atoms with E-state index in [2.05, 4.69) is 22.0 Å². The second-order valence-corrected chi connectivity index (χ2v) is 7.19. The van der Waals surface area contributed by atoms with Crippen molar-refractivity contribution < 1.29 is 5.11 Å². The molecule has 1 N–H and O–H groups in total. The van der Waals surface area contributed by atoms with E-state index in [4.69, 9.17) is 11.6 Å². The standard InChI is InChI=1S/C21H21ClN2O/c22-18-4-5-19-16(7-8-23-20(19)13-18)11-15-3-6-21(25)17(12-15)14-24-9-1-2-10-24/h3-8,12-13,25H,1-2,9-11,14H2. The molecule has 1 fully saturated rings. The van der Waals surface area contributed by atoms with Crippen LogP contribution in [0.25, 0.3) is 10.9 Å². The summed E-state index contributed by atoms with van der Waals surface area (Å²) in [6, 6.07) is 13.9. The minimum absolute atomic E-state index is 0.391. The molecule has 2 aromatic carbocycles. The van der Waals surface area contributed by atoms with Gasteiger partial charge in [0.15, 0.2) is 0 Å². The van der Waals surface area contributed by atoms with Gasteiger partial charge in [-0.25, -0.2) is 0 Å². The molecule has 4 heteroatoms. The van der Waals surface area contributed by atoms with Crippen LogP contribution in [0.2, 0.25) is 5.02 Å². The predicted molar refractivity (Wildman–Crippen MR) is 102 cm³/mol. The largest absolute Gasteiger partial charge is 0.508 e. The molecule has 1 aliphatic rings. The van der Waals surface area contributed by atoms with E-state index < -0.39 is 0 Å². The van der Waals surface area contributed by atoms with Gasteiger partial charge in [0, 0.05) is 28.7 Å². The lowest BCUT2D eigenvalue weighted by molar-refractivity contribution is 0.324. The molecule has 1 aliphatic heterocycles. The molecule has 25 heavy (non-hydrogen) atoms. The van der Waals surface area contributed by atoms with Gasteiger partial charge >= 0.3 is 0 Å². The summed E-state index contributed by atoms with van der Waals surface area (Å²) in [6.07, 6.45) is 5.16. The summed E-state index contributed by atoms with van der Waals surface area (Å²) in [5, 5.41) is 12.0. The number of aromatic hydroxyl groups is 1. The summed E-state index contributed by atoms with van der Waals surface area (Å²) in [5.74, 6) is 0.391. The Kier molecular flexibility index (Phi) is 4.60. The first kappa shape index (κ1) is 16.4. The molecule has 128 valence electrons. The SMILES string of the molecule is Oc1ccc(Cc2ccnc3cc(Cl)ccc23)cc1CN1CCCC1. The Morgan fingerprint density at radius 1 is 1.00 bits per heavy atom. The van der Waals surface area contributed by atoms with E-state index in [0.717, 1.165) is 42.5 Å². The van der Waals surface area contributed by atoms with Gasteiger partial charge in [0.25, 0.3) is 0 Å². The van der Waals surface area contributed by atoms with Crippen molar-refractivity contribution in [2.75, 3.05) is 13.1 Å². The van der Waals surface area contributed by atoms with Crippen molar-refractivity contribution in [2.45, 2.75) is 25.8 Å². The molecule has 3 nitrogen and oxygen atoms in total. The number of pyridine rings is 1. The highest BCUT2D eigenvalue weighted by molar-refractivity contribution is 6.31. The molecule has 0 radical (unpaired) electrons. The number of hydrogen-bond acceptors (Lipinski definition) is 3. The van der Waals surface area contributed by atoms with Gasteiger partial charge in [-0.05, 0) is 67.7 Å². The molecule has 2 heterocycles. The second kappa shape index (κ2) is 7.03. The highest BCUT2D eigenvalue weighted by Crippen LogP contribution is 2.26. The molecule has 0 bridgehead atoms. The summed E-state index contributed by atoms with van der Waals surface area (Å²) in [7, 11) is 0. The van der Waals surface area contributed by atoms with Crippen LogP contribution in [0.15, 0.2) is 48.7 Å². The predicted octanol–water partition coefficient (Wildman–Crippen LogP) is 4.78. The lowest BCUT2D eigenvalue weighted by Gasteiger charge is -2.16. The molecule has 1 saturated heterocycles. The summed E-state index contributed by atoms with van der Waals surface area (Å²) in [5.41, 5.74) is 4.36. The molecule has 0 atom stereocenters. The Morgan fingerprint density at radius 2 is 1.84 bits per heavy atom. The number of likely N-dealkylation sites (tertiary alicyclic amines) is 1. The first-order valence-corrected chi connectivity index (χ1v) is 9.13. The molecule has 0 aliphatic carbocycles. The maximum atomic E-state index is 10.2. The Labute approximate surface area is 152 Å². The lowest BCUT2D eigenvalue weighted by Crippen LogP contribution is -2.18. The van der Waals surface area contributed by atoms with Gasteiger partial charge in [0.05, 0.1) is 5.52 Å². The van der Waals surface area contributed by atoms with Crippen LogP contribution in [0.3, 0.4) is 0 Å². The maximum absolute atomic E-state index is 10.2. The van der Waals surface area contributed by atoms with Crippen molar-refractivity contribution in [2.24, 2.45) is 0 Å². The van der Waals surface area contributed by atoms with E-state index in [9.17, 15) is 5.11 Å². The number of aromatic nitrogens is 1. The van der Waals surface area contributed by atoms with Gasteiger partial charge in [-0.1, -0.05) is 29.8 Å². The number of benzene rings is 2. The van der Waals surface area contributed by atoms with Crippen molar-refractivity contribution in [3.63, 3.8) is 0 Å². The van der Waals surface area contributed by atoms with Gasteiger partial charge in [-0.3, -0.25) is 9.88 Å². The van der Waals surface area contributed by atoms with Crippen molar-refractivity contribution >= 4 is 22.5 Å². The summed E-state index contributed by atoms with van der Waals surface area (Å²) in [4.78, 5) is 6.82. The van der Waals surface area contributed by atoms with Crippen LogP contribution >= 0.6 is 11.6 Å². The van der Waals surface area contributed by atoms with E-state index in [1.807, 2.05) is 36.5 Å². The molecular weight excluding hydrogens is 332 g/mol. The van der Waals surface area contributed by atoms with Crippen LogP contribution in [-0.4, -0.2) is 28.1 Å². The zero-order valence-electron chi connectivity index (χ0n) is 14.1.